The lowest BCUT2D eigenvalue weighted by molar-refractivity contribution is -0.121. The molecule has 5 rings (SSSR count). The molecule has 10 heteroatoms. The Bertz CT molecular complexity index is 1490. The first-order valence-electron chi connectivity index (χ1n) is 11.6. The van der Waals surface area contributed by atoms with Gasteiger partial charge >= 0.3 is 0 Å². The van der Waals surface area contributed by atoms with Crippen molar-refractivity contribution in [3.8, 4) is 5.75 Å². The first kappa shape index (κ1) is 24.4. The molecule has 1 saturated heterocycles. The number of thiazole rings is 1. The van der Waals surface area contributed by atoms with Gasteiger partial charge in [-0.2, -0.15) is 4.31 Å². The molecule has 0 radical (unpaired) electrons. The number of benzene rings is 2. The van der Waals surface area contributed by atoms with Crippen molar-refractivity contribution in [3.05, 3.63) is 78.1 Å². The summed E-state index contributed by atoms with van der Waals surface area (Å²) in [6.45, 7) is 2.38. The zero-order chi connectivity index (χ0) is 25.3. The lowest BCUT2D eigenvalue weighted by atomic mass is 10.2. The summed E-state index contributed by atoms with van der Waals surface area (Å²) < 4.78 is 34.6. The second-order valence-corrected chi connectivity index (χ2v) is 11.6. The van der Waals surface area contributed by atoms with Crippen molar-refractivity contribution in [2.75, 3.05) is 18.6 Å². The maximum atomic E-state index is 14.0. The van der Waals surface area contributed by atoms with E-state index in [4.69, 9.17) is 9.72 Å². The Labute approximate surface area is 214 Å². The highest BCUT2D eigenvalue weighted by atomic mass is 32.2. The third kappa shape index (κ3) is 4.71. The number of amides is 1. The van der Waals surface area contributed by atoms with Gasteiger partial charge in [-0.15, -0.1) is 0 Å². The van der Waals surface area contributed by atoms with Crippen LogP contribution in [0.1, 0.15) is 24.1 Å². The van der Waals surface area contributed by atoms with Crippen LogP contribution >= 0.6 is 11.3 Å². The molecule has 3 heterocycles. The van der Waals surface area contributed by atoms with Crippen LogP contribution in [0.2, 0.25) is 0 Å². The molecular weight excluding hydrogens is 496 g/mol. The zero-order valence-electron chi connectivity index (χ0n) is 20.0. The molecule has 4 aromatic rings. The van der Waals surface area contributed by atoms with Gasteiger partial charge in [-0.05, 0) is 62.2 Å². The van der Waals surface area contributed by atoms with Crippen LogP contribution in [-0.2, 0) is 21.4 Å². The van der Waals surface area contributed by atoms with Crippen molar-refractivity contribution in [2.45, 2.75) is 37.2 Å². The number of fused-ring (bicyclic) bond motifs is 1. The number of anilines is 1. The fourth-order valence-electron chi connectivity index (χ4n) is 4.33. The number of aromatic nitrogens is 2. The van der Waals surface area contributed by atoms with Crippen molar-refractivity contribution < 1.29 is 17.9 Å². The van der Waals surface area contributed by atoms with Crippen molar-refractivity contribution in [3.63, 3.8) is 0 Å². The number of carbonyl (C=O) groups is 1. The number of hydrogen-bond donors (Lipinski definition) is 0. The van der Waals surface area contributed by atoms with Crippen molar-refractivity contribution in [1.29, 1.82) is 0 Å². The van der Waals surface area contributed by atoms with E-state index in [1.807, 2.05) is 43.3 Å². The van der Waals surface area contributed by atoms with Gasteiger partial charge in [-0.3, -0.25) is 14.7 Å². The minimum absolute atomic E-state index is 0.186. The average Bonchev–Trinajstić information content (AvgIpc) is 3.55. The van der Waals surface area contributed by atoms with E-state index in [9.17, 15) is 13.2 Å². The van der Waals surface area contributed by atoms with Gasteiger partial charge in [0.15, 0.2) is 5.13 Å². The quantitative estimate of drug-likeness (QED) is 0.357. The van der Waals surface area contributed by atoms with Crippen LogP contribution in [0.3, 0.4) is 0 Å². The molecule has 0 aliphatic carbocycles. The normalized spacial score (nSPS) is 16.3. The number of sulfonamides is 1. The highest BCUT2D eigenvalue weighted by molar-refractivity contribution is 7.89. The van der Waals surface area contributed by atoms with Gasteiger partial charge < -0.3 is 4.74 Å². The Morgan fingerprint density at radius 3 is 2.69 bits per heavy atom. The van der Waals surface area contributed by atoms with E-state index in [1.54, 1.807) is 42.5 Å². The molecule has 1 unspecified atom stereocenters. The first-order valence-corrected chi connectivity index (χ1v) is 13.9. The minimum atomic E-state index is -3.84. The monoisotopic (exact) mass is 522 g/mol. The topological polar surface area (TPSA) is 92.7 Å². The fourth-order valence-corrected chi connectivity index (χ4v) is 6.98. The Morgan fingerprint density at radius 2 is 1.97 bits per heavy atom. The standard InChI is InChI=1S/C26H26N4O4S2/c1-18-8-11-21(12-9-18)36(32,33)30-15-5-7-23(30)25(31)29(17-19-6-3-4-14-27-19)26-28-22-13-10-20(34-2)16-24(22)35-26/h3-4,6,8-14,16,23H,5,7,15,17H2,1-2H3. The minimum Gasteiger partial charge on any atom is -0.497 e. The van der Waals surface area contributed by atoms with E-state index in [-0.39, 0.29) is 17.3 Å². The number of carbonyl (C=O) groups excluding carboxylic acids is 1. The summed E-state index contributed by atoms with van der Waals surface area (Å²) in [5, 5.41) is 0.494. The fraction of sp³-hybridized carbons (Fsp3) is 0.269. The lowest BCUT2D eigenvalue weighted by Crippen LogP contribution is -2.47. The maximum Gasteiger partial charge on any atom is 0.247 e. The number of rotatable bonds is 7. The Kier molecular flexibility index (Phi) is 6.74. The second kappa shape index (κ2) is 9.96. The van der Waals surface area contributed by atoms with Gasteiger partial charge in [-0.1, -0.05) is 35.1 Å². The molecule has 1 atom stereocenters. The maximum absolute atomic E-state index is 14.0. The highest BCUT2D eigenvalue weighted by Crippen LogP contribution is 2.34. The van der Waals surface area contributed by atoms with Crippen LogP contribution < -0.4 is 9.64 Å². The summed E-state index contributed by atoms with van der Waals surface area (Å²) in [4.78, 5) is 24.9. The van der Waals surface area contributed by atoms with E-state index >= 15 is 0 Å². The molecule has 1 aliphatic rings. The van der Waals surface area contributed by atoms with Crippen LogP contribution in [0, 0.1) is 6.92 Å². The molecule has 1 aliphatic heterocycles. The van der Waals surface area contributed by atoms with E-state index in [1.165, 1.54) is 15.6 Å². The average molecular weight is 523 g/mol. The van der Waals surface area contributed by atoms with Gasteiger partial charge in [0.05, 0.1) is 34.5 Å². The summed E-state index contributed by atoms with van der Waals surface area (Å²) in [6.07, 6.45) is 2.72. The SMILES string of the molecule is COc1ccc2nc(N(Cc3ccccn3)C(=O)C3CCCN3S(=O)(=O)c3ccc(C)cc3)sc2c1. The molecule has 36 heavy (non-hydrogen) atoms. The molecule has 0 N–H and O–H groups in total. The lowest BCUT2D eigenvalue weighted by Gasteiger charge is -2.28. The molecule has 1 fully saturated rings. The number of nitrogens with zero attached hydrogens (tertiary/aromatic N) is 4. The number of aryl methyl sites for hydroxylation is 1. The van der Waals surface area contributed by atoms with E-state index in [2.05, 4.69) is 4.98 Å². The van der Waals surface area contributed by atoms with E-state index < -0.39 is 16.1 Å². The predicted molar refractivity (Wildman–Crippen MR) is 140 cm³/mol. The Balaban J connectivity index is 1.52. The van der Waals surface area contributed by atoms with Crippen LogP contribution in [0.15, 0.2) is 71.8 Å². The Hall–Kier alpha value is -3.34. The molecule has 0 saturated carbocycles. The van der Waals surface area contributed by atoms with Gasteiger partial charge in [0.25, 0.3) is 0 Å². The molecule has 0 spiro atoms. The molecule has 8 nitrogen and oxygen atoms in total. The molecule has 186 valence electrons. The highest BCUT2D eigenvalue weighted by Gasteiger charge is 2.42. The third-order valence-corrected chi connectivity index (χ3v) is 9.21. The summed E-state index contributed by atoms with van der Waals surface area (Å²) >= 11 is 1.37. The molecule has 2 aromatic carbocycles. The Morgan fingerprint density at radius 1 is 1.17 bits per heavy atom. The largest absolute Gasteiger partial charge is 0.497 e. The van der Waals surface area contributed by atoms with Crippen LogP contribution in [0.25, 0.3) is 10.2 Å². The summed E-state index contributed by atoms with van der Waals surface area (Å²) in [7, 11) is -2.23. The van der Waals surface area contributed by atoms with Crippen molar-refractivity contribution in [1.82, 2.24) is 14.3 Å². The van der Waals surface area contributed by atoms with Crippen molar-refractivity contribution in [2.24, 2.45) is 0 Å². The van der Waals surface area contributed by atoms with Gasteiger partial charge in [0, 0.05) is 12.7 Å². The first-order chi connectivity index (χ1) is 17.4. The van der Waals surface area contributed by atoms with Gasteiger partial charge in [0.1, 0.15) is 11.8 Å². The molecular formula is C26H26N4O4S2. The van der Waals surface area contributed by atoms with Crippen LogP contribution in [-0.4, -0.2) is 48.3 Å². The predicted octanol–water partition coefficient (Wildman–Crippen LogP) is 4.39. The number of pyridine rings is 1. The number of methoxy groups -OCH3 is 1. The summed E-state index contributed by atoms with van der Waals surface area (Å²) in [5.41, 5.74) is 2.40. The third-order valence-electron chi connectivity index (χ3n) is 6.24. The van der Waals surface area contributed by atoms with E-state index in [0.717, 1.165) is 15.8 Å². The van der Waals surface area contributed by atoms with Gasteiger partial charge in [-0.25, -0.2) is 13.4 Å². The van der Waals surface area contributed by atoms with Crippen LogP contribution in [0.5, 0.6) is 5.75 Å². The second-order valence-electron chi connectivity index (χ2n) is 8.66. The molecule has 2 aromatic heterocycles. The van der Waals surface area contributed by atoms with Crippen LogP contribution in [0.4, 0.5) is 5.13 Å². The molecule has 1 amide bonds. The van der Waals surface area contributed by atoms with Crippen molar-refractivity contribution >= 4 is 42.6 Å². The van der Waals surface area contributed by atoms with E-state index in [0.29, 0.717) is 36.0 Å². The summed E-state index contributed by atoms with van der Waals surface area (Å²) in [6, 6.07) is 17.0. The zero-order valence-corrected chi connectivity index (χ0v) is 21.6. The number of hydrogen-bond acceptors (Lipinski definition) is 7. The smallest absolute Gasteiger partial charge is 0.247 e. The van der Waals surface area contributed by atoms with Gasteiger partial charge in [0.2, 0.25) is 15.9 Å². The molecule has 0 bridgehead atoms. The number of ether oxygens (including phenoxy) is 1. The summed E-state index contributed by atoms with van der Waals surface area (Å²) in [5.74, 6) is 0.395.